The predicted molar refractivity (Wildman–Crippen MR) is 126 cm³/mol. The molecule has 1 aromatic carbocycles. The maximum atomic E-state index is 13.0. The number of rotatable bonds is 8. The van der Waals surface area contributed by atoms with Gasteiger partial charge in [0.1, 0.15) is 5.82 Å². The zero-order valence-corrected chi connectivity index (χ0v) is 20.2. The van der Waals surface area contributed by atoms with Crippen molar-refractivity contribution >= 4 is 27.0 Å². The molecule has 0 bridgehead atoms. The fraction of sp³-hybridized carbons (Fsp3) is 0.667. The van der Waals surface area contributed by atoms with E-state index in [1.807, 2.05) is 6.07 Å². The van der Waals surface area contributed by atoms with Crippen molar-refractivity contribution in [1.29, 1.82) is 0 Å². The van der Waals surface area contributed by atoms with Gasteiger partial charge in [0, 0.05) is 45.1 Å². The van der Waals surface area contributed by atoms with Crippen molar-refractivity contribution in [3.63, 3.8) is 0 Å². The van der Waals surface area contributed by atoms with Gasteiger partial charge in [0.15, 0.2) is 0 Å². The van der Waals surface area contributed by atoms with Gasteiger partial charge >= 0.3 is 0 Å². The van der Waals surface area contributed by atoms with E-state index in [0.717, 1.165) is 63.0 Å². The molecular formula is C24H36N4O3S. The molecule has 2 aliphatic heterocycles. The topological polar surface area (TPSA) is 75.5 Å². The fourth-order valence-electron chi connectivity index (χ4n) is 5.18. The summed E-state index contributed by atoms with van der Waals surface area (Å²) < 4.78 is 29.7. The number of imidazole rings is 1. The third-order valence-corrected chi connectivity index (χ3v) is 8.82. The lowest BCUT2D eigenvalue weighted by molar-refractivity contribution is -0.134. The highest BCUT2D eigenvalue weighted by molar-refractivity contribution is 7.89. The van der Waals surface area contributed by atoms with E-state index in [4.69, 9.17) is 4.98 Å². The molecular weight excluding hydrogens is 424 g/mol. The predicted octanol–water partition coefficient (Wildman–Crippen LogP) is 3.95. The molecule has 2 fully saturated rings. The number of benzene rings is 1. The number of likely N-dealkylation sites (tertiary alicyclic amines) is 1. The number of hydrogen-bond donors (Lipinski definition) is 0. The highest BCUT2D eigenvalue weighted by Crippen LogP contribution is 2.26. The van der Waals surface area contributed by atoms with Crippen LogP contribution < -0.4 is 0 Å². The van der Waals surface area contributed by atoms with Gasteiger partial charge in [-0.2, -0.15) is 4.31 Å². The van der Waals surface area contributed by atoms with E-state index >= 15 is 0 Å². The Morgan fingerprint density at radius 1 is 1.09 bits per heavy atom. The summed E-state index contributed by atoms with van der Waals surface area (Å²) in [5.74, 6) is 1.08. The molecule has 2 aromatic rings. The van der Waals surface area contributed by atoms with Gasteiger partial charge in [-0.05, 0) is 63.1 Å². The summed E-state index contributed by atoms with van der Waals surface area (Å²) in [6, 6.07) is 5.66. The third-order valence-electron chi connectivity index (χ3n) is 6.93. The first-order chi connectivity index (χ1) is 15.5. The van der Waals surface area contributed by atoms with Gasteiger partial charge in [-0.25, -0.2) is 13.4 Å². The Kier molecular flexibility index (Phi) is 7.20. The van der Waals surface area contributed by atoms with Crippen LogP contribution >= 0.6 is 0 Å². The van der Waals surface area contributed by atoms with Crippen LogP contribution in [0.4, 0.5) is 0 Å². The van der Waals surface area contributed by atoms with Crippen LogP contribution in [0, 0.1) is 0 Å². The molecule has 0 radical (unpaired) electrons. The van der Waals surface area contributed by atoms with Gasteiger partial charge in [-0.1, -0.05) is 13.8 Å². The van der Waals surface area contributed by atoms with Crippen LogP contribution in [-0.2, 0) is 27.8 Å². The van der Waals surface area contributed by atoms with Gasteiger partial charge in [-0.3, -0.25) is 4.79 Å². The first-order valence-electron chi connectivity index (χ1n) is 12.2. The number of sulfonamides is 1. The summed E-state index contributed by atoms with van der Waals surface area (Å²) in [6.07, 6.45) is 8.21. The van der Waals surface area contributed by atoms with Gasteiger partial charge in [0.2, 0.25) is 15.9 Å². The lowest BCUT2D eigenvalue weighted by atomic mass is 9.99. The molecule has 7 nitrogen and oxygen atoms in total. The van der Waals surface area contributed by atoms with Gasteiger partial charge < -0.3 is 9.47 Å². The Labute approximate surface area is 191 Å². The lowest BCUT2D eigenvalue weighted by Crippen LogP contribution is -2.43. The van der Waals surface area contributed by atoms with Crippen LogP contribution in [0.3, 0.4) is 0 Å². The van der Waals surface area contributed by atoms with Gasteiger partial charge in [0.25, 0.3) is 0 Å². The number of carbonyl (C=O) groups is 1. The smallest absolute Gasteiger partial charge is 0.243 e. The molecule has 0 aliphatic carbocycles. The fourth-order valence-corrected chi connectivity index (χ4v) is 6.71. The van der Waals surface area contributed by atoms with Crippen molar-refractivity contribution in [2.45, 2.75) is 89.1 Å². The number of amides is 1. The number of aryl methyl sites for hydroxylation is 2. The third kappa shape index (κ3) is 4.57. The van der Waals surface area contributed by atoms with Crippen molar-refractivity contribution < 1.29 is 13.2 Å². The number of carbonyl (C=O) groups excluding carboxylic acids is 1. The highest BCUT2D eigenvalue weighted by atomic mass is 32.2. The molecule has 8 heteroatoms. The first-order valence-corrected chi connectivity index (χ1v) is 13.7. The van der Waals surface area contributed by atoms with Crippen molar-refractivity contribution in [2.75, 3.05) is 19.6 Å². The number of fused-ring (bicyclic) bond motifs is 1. The lowest BCUT2D eigenvalue weighted by Gasteiger charge is -2.35. The minimum absolute atomic E-state index is 0.212. The second-order valence-corrected chi connectivity index (χ2v) is 11.0. The minimum atomic E-state index is -3.47. The quantitative estimate of drug-likeness (QED) is 0.598. The van der Waals surface area contributed by atoms with Crippen LogP contribution in [-0.4, -0.2) is 58.8 Å². The molecule has 176 valence electrons. The molecule has 0 spiro atoms. The molecule has 1 atom stereocenters. The van der Waals surface area contributed by atoms with Crippen molar-refractivity contribution in [2.24, 2.45) is 0 Å². The van der Waals surface area contributed by atoms with E-state index in [1.165, 1.54) is 6.42 Å². The molecule has 2 aliphatic rings. The van der Waals surface area contributed by atoms with Crippen molar-refractivity contribution in [3.05, 3.63) is 24.0 Å². The van der Waals surface area contributed by atoms with Crippen molar-refractivity contribution in [3.8, 4) is 0 Å². The van der Waals surface area contributed by atoms with Crippen LogP contribution in [0.2, 0.25) is 0 Å². The van der Waals surface area contributed by atoms with E-state index in [2.05, 4.69) is 23.3 Å². The van der Waals surface area contributed by atoms with E-state index < -0.39 is 10.0 Å². The molecule has 32 heavy (non-hydrogen) atoms. The molecule has 1 unspecified atom stereocenters. The zero-order valence-electron chi connectivity index (χ0n) is 19.4. The second kappa shape index (κ2) is 9.91. The standard InChI is InChI=1S/C24H36N4O3S/c1-3-14-28-22-11-10-20(32(30,31)26-15-7-8-16-26)18-21(22)25-23(28)12-13-24(29)27-17-6-5-9-19(27)4-2/h10-11,18-19H,3-9,12-17H2,1-2H3. The number of hydrogen-bond acceptors (Lipinski definition) is 4. The maximum absolute atomic E-state index is 13.0. The summed E-state index contributed by atoms with van der Waals surface area (Å²) >= 11 is 0. The van der Waals surface area contributed by atoms with Gasteiger partial charge in [-0.15, -0.1) is 0 Å². The van der Waals surface area contributed by atoms with Crippen LogP contribution in [0.1, 0.15) is 71.0 Å². The molecule has 4 rings (SSSR count). The Morgan fingerprint density at radius 2 is 1.84 bits per heavy atom. The Hall–Kier alpha value is -1.93. The molecule has 2 saturated heterocycles. The summed E-state index contributed by atoms with van der Waals surface area (Å²) in [7, 11) is -3.47. The number of aromatic nitrogens is 2. The molecule has 3 heterocycles. The summed E-state index contributed by atoms with van der Waals surface area (Å²) in [6.45, 7) is 7.12. The SMILES string of the molecule is CCCn1c(CCC(=O)N2CCCCC2CC)nc2cc(S(=O)(=O)N3CCCC3)ccc21. The van der Waals surface area contributed by atoms with Crippen LogP contribution in [0.15, 0.2) is 23.1 Å². The maximum Gasteiger partial charge on any atom is 0.243 e. The van der Waals surface area contributed by atoms with E-state index in [-0.39, 0.29) is 5.91 Å². The Bertz CT molecular complexity index is 1060. The highest BCUT2D eigenvalue weighted by Gasteiger charge is 2.28. The summed E-state index contributed by atoms with van der Waals surface area (Å²) in [5.41, 5.74) is 1.64. The van der Waals surface area contributed by atoms with Crippen LogP contribution in [0.5, 0.6) is 0 Å². The van der Waals surface area contributed by atoms with Crippen LogP contribution in [0.25, 0.3) is 11.0 Å². The average Bonchev–Trinajstić information content (AvgIpc) is 3.46. The minimum Gasteiger partial charge on any atom is -0.340 e. The van der Waals surface area contributed by atoms with E-state index in [9.17, 15) is 13.2 Å². The monoisotopic (exact) mass is 460 g/mol. The number of piperidine rings is 1. The molecule has 0 N–H and O–H groups in total. The zero-order chi connectivity index (χ0) is 22.7. The molecule has 1 amide bonds. The Balaban J connectivity index is 1.57. The van der Waals surface area contributed by atoms with Gasteiger partial charge in [0.05, 0.1) is 15.9 Å². The summed E-state index contributed by atoms with van der Waals surface area (Å²) in [4.78, 5) is 20.1. The molecule has 0 saturated carbocycles. The summed E-state index contributed by atoms with van der Waals surface area (Å²) in [5, 5.41) is 0. The van der Waals surface area contributed by atoms with Crippen molar-refractivity contribution in [1.82, 2.24) is 18.8 Å². The first kappa shape index (κ1) is 23.2. The second-order valence-electron chi connectivity index (χ2n) is 9.09. The average molecular weight is 461 g/mol. The normalized spacial score (nSPS) is 20.3. The largest absolute Gasteiger partial charge is 0.340 e. The number of nitrogens with zero attached hydrogens (tertiary/aromatic N) is 4. The van der Waals surface area contributed by atoms with E-state index in [1.54, 1.807) is 16.4 Å². The molecule has 1 aromatic heterocycles. The van der Waals surface area contributed by atoms with E-state index in [0.29, 0.717) is 42.4 Å². The Morgan fingerprint density at radius 3 is 2.56 bits per heavy atom.